The van der Waals surface area contributed by atoms with Crippen LogP contribution in [-0.2, 0) is 6.61 Å². The Labute approximate surface area is 98.5 Å². The summed E-state index contributed by atoms with van der Waals surface area (Å²) in [6.45, 7) is -6.93. The van der Waals surface area contributed by atoms with E-state index in [4.69, 9.17) is 16.7 Å². The average Bonchev–Trinajstić information content (AvgIpc) is 2.21. The SMILES string of the molecule is OCc1cc(Cl)c(OC(F)F)cc1OC(F)F. The molecule has 0 fully saturated rings. The molecule has 17 heavy (non-hydrogen) atoms. The van der Waals surface area contributed by atoms with E-state index in [-0.39, 0.29) is 10.6 Å². The summed E-state index contributed by atoms with van der Waals surface area (Å²) < 4.78 is 56.0. The van der Waals surface area contributed by atoms with Gasteiger partial charge >= 0.3 is 13.2 Å². The molecule has 1 N–H and O–H groups in total. The van der Waals surface area contributed by atoms with Crippen molar-refractivity contribution in [3.8, 4) is 11.5 Å². The van der Waals surface area contributed by atoms with Gasteiger partial charge in [0.2, 0.25) is 0 Å². The molecular formula is C9H7ClF4O3. The van der Waals surface area contributed by atoms with Crippen LogP contribution in [0, 0.1) is 0 Å². The van der Waals surface area contributed by atoms with Gasteiger partial charge in [0.15, 0.2) is 0 Å². The van der Waals surface area contributed by atoms with E-state index < -0.39 is 31.3 Å². The molecule has 1 rings (SSSR count). The first-order valence-electron chi connectivity index (χ1n) is 4.27. The van der Waals surface area contributed by atoms with Crippen LogP contribution in [-0.4, -0.2) is 18.3 Å². The largest absolute Gasteiger partial charge is 0.434 e. The summed E-state index contributed by atoms with van der Waals surface area (Å²) in [4.78, 5) is 0. The van der Waals surface area contributed by atoms with Gasteiger partial charge in [-0.05, 0) is 6.07 Å². The molecule has 0 saturated carbocycles. The monoisotopic (exact) mass is 274 g/mol. The number of alkyl halides is 4. The molecule has 0 spiro atoms. The van der Waals surface area contributed by atoms with Gasteiger partial charge in [0.05, 0.1) is 11.6 Å². The molecule has 0 aliphatic heterocycles. The zero-order chi connectivity index (χ0) is 13.0. The lowest BCUT2D eigenvalue weighted by molar-refractivity contribution is -0.0549. The van der Waals surface area contributed by atoms with Gasteiger partial charge in [0.1, 0.15) is 11.5 Å². The molecule has 3 nitrogen and oxygen atoms in total. The maximum absolute atomic E-state index is 12.0. The van der Waals surface area contributed by atoms with Crippen LogP contribution < -0.4 is 9.47 Å². The summed E-state index contributed by atoms with van der Waals surface area (Å²) in [6.07, 6.45) is 0. The second-order valence-corrected chi connectivity index (χ2v) is 3.21. The molecule has 8 heteroatoms. The first kappa shape index (κ1) is 13.9. The molecule has 1 aromatic rings. The Bertz CT molecular complexity index is 387. The van der Waals surface area contributed by atoms with E-state index in [0.29, 0.717) is 0 Å². The minimum absolute atomic E-state index is 0.0584. The molecule has 1 aromatic carbocycles. The van der Waals surface area contributed by atoms with E-state index in [1.807, 2.05) is 0 Å². The summed E-state index contributed by atoms with van der Waals surface area (Å²) in [6, 6.07) is 1.78. The van der Waals surface area contributed by atoms with Crippen molar-refractivity contribution in [1.29, 1.82) is 0 Å². The van der Waals surface area contributed by atoms with E-state index in [1.54, 1.807) is 0 Å². The lowest BCUT2D eigenvalue weighted by Crippen LogP contribution is -2.07. The second-order valence-electron chi connectivity index (χ2n) is 2.81. The highest BCUT2D eigenvalue weighted by Crippen LogP contribution is 2.34. The third-order valence-electron chi connectivity index (χ3n) is 1.72. The lowest BCUT2D eigenvalue weighted by Gasteiger charge is -2.13. The normalized spacial score (nSPS) is 11.1. The number of rotatable bonds is 5. The van der Waals surface area contributed by atoms with Crippen molar-refractivity contribution in [2.24, 2.45) is 0 Å². The van der Waals surface area contributed by atoms with E-state index in [0.717, 1.165) is 12.1 Å². The number of ether oxygens (including phenoxy) is 2. The third kappa shape index (κ3) is 3.94. The van der Waals surface area contributed by atoms with Crippen molar-refractivity contribution in [3.05, 3.63) is 22.7 Å². The molecule has 0 heterocycles. The second kappa shape index (κ2) is 5.92. The van der Waals surface area contributed by atoms with E-state index in [9.17, 15) is 17.6 Å². The zero-order valence-electron chi connectivity index (χ0n) is 8.17. The Hall–Kier alpha value is -1.21. The molecule has 0 bridgehead atoms. The van der Waals surface area contributed by atoms with E-state index >= 15 is 0 Å². The topological polar surface area (TPSA) is 38.7 Å². The van der Waals surface area contributed by atoms with Crippen LogP contribution >= 0.6 is 11.6 Å². The molecule has 0 aromatic heterocycles. The maximum atomic E-state index is 12.0. The van der Waals surface area contributed by atoms with Crippen LogP contribution in [0.3, 0.4) is 0 Å². The minimum Gasteiger partial charge on any atom is -0.434 e. The van der Waals surface area contributed by atoms with Gasteiger partial charge in [0.25, 0.3) is 0 Å². The van der Waals surface area contributed by atoms with Crippen molar-refractivity contribution in [1.82, 2.24) is 0 Å². The van der Waals surface area contributed by atoms with Gasteiger partial charge < -0.3 is 14.6 Å². The first-order chi connectivity index (χ1) is 7.93. The standard InChI is InChI=1S/C9H7ClF4O3/c10-5-1-4(3-15)6(16-8(11)12)2-7(5)17-9(13)14/h1-2,8-9,15H,3H2. The van der Waals surface area contributed by atoms with Crippen LogP contribution in [0.1, 0.15) is 5.56 Å². The quantitative estimate of drug-likeness (QED) is 0.839. The first-order valence-corrected chi connectivity index (χ1v) is 4.64. The van der Waals surface area contributed by atoms with Crippen molar-refractivity contribution in [3.63, 3.8) is 0 Å². The molecule has 0 unspecified atom stereocenters. The van der Waals surface area contributed by atoms with Crippen molar-refractivity contribution in [2.45, 2.75) is 19.8 Å². The number of hydrogen-bond acceptors (Lipinski definition) is 3. The number of aliphatic hydroxyl groups is 1. The highest BCUT2D eigenvalue weighted by Gasteiger charge is 2.16. The average molecular weight is 275 g/mol. The van der Waals surface area contributed by atoms with Gasteiger partial charge in [0, 0.05) is 11.6 Å². The smallest absolute Gasteiger partial charge is 0.387 e. The summed E-state index contributed by atoms with van der Waals surface area (Å²) in [5.74, 6) is -0.975. The lowest BCUT2D eigenvalue weighted by atomic mass is 10.2. The fourth-order valence-corrected chi connectivity index (χ4v) is 1.32. The van der Waals surface area contributed by atoms with Gasteiger partial charge in [-0.1, -0.05) is 11.6 Å². The molecule has 0 aliphatic carbocycles. The molecule has 0 atom stereocenters. The predicted molar refractivity (Wildman–Crippen MR) is 50.6 cm³/mol. The summed E-state index contributed by atoms with van der Waals surface area (Å²) in [7, 11) is 0. The van der Waals surface area contributed by atoms with Crippen LogP contribution in [0.4, 0.5) is 17.6 Å². The Kier molecular flexibility index (Phi) is 4.83. The summed E-state index contributed by atoms with van der Waals surface area (Å²) in [5.41, 5.74) is -0.0584. The minimum atomic E-state index is -3.15. The maximum Gasteiger partial charge on any atom is 0.387 e. The summed E-state index contributed by atoms with van der Waals surface area (Å²) in [5, 5.41) is 8.62. The molecule has 0 saturated heterocycles. The molecular weight excluding hydrogens is 268 g/mol. The molecule has 0 aliphatic rings. The van der Waals surface area contributed by atoms with Gasteiger partial charge in [-0.15, -0.1) is 0 Å². The number of halogens is 5. The Morgan fingerprint density at radius 1 is 1.06 bits per heavy atom. The number of benzene rings is 1. The Morgan fingerprint density at radius 3 is 2.06 bits per heavy atom. The zero-order valence-corrected chi connectivity index (χ0v) is 8.93. The Balaban J connectivity index is 3.08. The van der Waals surface area contributed by atoms with E-state index in [2.05, 4.69) is 9.47 Å². The van der Waals surface area contributed by atoms with Crippen molar-refractivity contribution >= 4 is 11.6 Å². The van der Waals surface area contributed by atoms with Gasteiger partial charge in [-0.2, -0.15) is 17.6 Å². The highest BCUT2D eigenvalue weighted by atomic mass is 35.5. The van der Waals surface area contributed by atoms with E-state index in [1.165, 1.54) is 0 Å². The summed E-state index contributed by atoms with van der Waals surface area (Å²) >= 11 is 5.55. The van der Waals surface area contributed by atoms with Gasteiger partial charge in [-0.25, -0.2) is 0 Å². The number of aliphatic hydroxyl groups excluding tert-OH is 1. The third-order valence-corrected chi connectivity index (χ3v) is 2.01. The Morgan fingerprint density at radius 2 is 1.59 bits per heavy atom. The van der Waals surface area contributed by atoms with Crippen molar-refractivity contribution < 1.29 is 32.1 Å². The van der Waals surface area contributed by atoms with Gasteiger partial charge in [-0.3, -0.25) is 0 Å². The highest BCUT2D eigenvalue weighted by molar-refractivity contribution is 6.32. The van der Waals surface area contributed by atoms with Crippen LogP contribution in [0.25, 0.3) is 0 Å². The fraction of sp³-hybridized carbons (Fsp3) is 0.333. The number of hydrogen-bond donors (Lipinski definition) is 1. The predicted octanol–water partition coefficient (Wildman–Crippen LogP) is 3.04. The molecule has 0 amide bonds. The molecule has 96 valence electrons. The van der Waals surface area contributed by atoms with Crippen LogP contribution in [0.2, 0.25) is 5.02 Å². The molecule has 0 radical (unpaired) electrons. The fourth-order valence-electron chi connectivity index (χ4n) is 1.09. The van der Waals surface area contributed by atoms with Crippen LogP contribution in [0.5, 0.6) is 11.5 Å². The van der Waals surface area contributed by atoms with Crippen LogP contribution in [0.15, 0.2) is 12.1 Å². The van der Waals surface area contributed by atoms with Crippen molar-refractivity contribution in [2.75, 3.05) is 0 Å².